The number of hydrogen-bond acceptors (Lipinski definition) is 11. The third kappa shape index (κ3) is 8.11. The minimum absolute atomic E-state index is 0.0445. The average molecular weight is 614 g/mol. The first-order chi connectivity index (χ1) is 21.1. The van der Waals surface area contributed by atoms with Gasteiger partial charge in [-0.25, -0.2) is 4.79 Å². The number of benzene rings is 1. The number of likely N-dealkylation sites (tertiary alicyclic amines) is 1. The molecule has 0 radical (unpaired) electrons. The van der Waals surface area contributed by atoms with Crippen LogP contribution in [0.2, 0.25) is 0 Å². The fraction of sp³-hybridized carbons (Fsp3) is 0.517. The van der Waals surface area contributed by atoms with E-state index in [4.69, 9.17) is 15.2 Å². The van der Waals surface area contributed by atoms with Crippen LogP contribution in [0, 0.1) is 0 Å². The second kappa shape index (κ2) is 14.8. The minimum Gasteiger partial charge on any atom is -0.480 e. The SMILES string of the molecule is CCCCOc1nc(N)c2[nH]c(=O)n(CCCN(Cc3ccc(CC(=O)OC)cc3)C(=O)CN3C[C@H](O)C[C@H]3C(=O)O)c2n1. The number of aromatic nitrogens is 4. The summed E-state index contributed by atoms with van der Waals surface area (Å²) >= 11 is 0. The van der Waals surface area contributed by atoms with Gasteiger partial charge in [0.1, 0.15) is 11.6 Å². The number of aliphatic hydroxyl groups excluding tert-OH is 1. The van der Waals surface area contributed by atoms with Crippen LogP contribution in [0.4, 0.5) is 5.82 Å². The number of aryl methyl sites for hydroxylation is 1. The van der Waals surface area contributed by atoms with Gasteiger partial charge >= 0.3 is 23.6 Å². The van der Waals surface area contributed by atoms with Crippen molar-refractivity contribution in [1.29, 1.82) is 0 Å². The first-order valence-electron chi connectivity index (χ1n) is 14.6. The van der Waals surface area contributed by atoms with Crippen molar-refractivity contribution in [3.05, 3.63) is 45.9 Å². The van der Waals surface area contributed by atoms with Crippen LogP contribution < -0.4 is 16.2 Å². The molecule has 1 saturated heterocycles. The van der Waals surface area contributed by atoms with Crippen LogP contribution in [-0.2, 0) is 38.6 Å². The lowest BCUT2D eigenvalue weighted by atomic mass is 10.1. The molecule has 1 aliphatic heterocycles. The minimum atomic E-state index is -1.10. The number of anilines is 1. The van der Waals surface area contributed by atoms with E-state index in [9.17, 15) is 29.4 Å². The Bertz CT molecular complexity index is 1520. The number of nitrogens with two attached hydrogens (primary N) is 1. The Morgan fingerprint density at radius 1 is 1.16 bits per heavy atom. The van der Waals surface area contributed by atoms with Crippen molar-refractivity contribution >= 4 is 34.8 Å². The summed E-state index contributed by atoms with van der Waals surface area (Å²) in [5.74, 6) is -1.70. The number of rotatable bonds is 15. The molecule has 15 heteroatoms. The zero-order valence-electron chi connectivity index (χ0n) is 24.9. The van der Waals surface area contributed by atoms with Crippen LogP contribution in [0.1, 0.15) is 43.7 Å². The summed E-state index contributed by atoms with van der Waals surface area (Å²) in [6.45, 7) is 2.96. The molecular weight excluding hydrogens is 574 g/mol. The van der Waals surface area contributed by atoms with Gasteiger partial charge in [0.15, 0.2) is 11.5 Å². The molecule has 0 aliphatic carbocycles. The van der Waals surface area contributed by atoms with Crippen molar-refractivity contribution in [1.82, 2.24) is 29.3 Å². The number of amides is 1. The van der Waals surface area contributed by atoms with E-state index in [1.807, 2.05) is 19.1 Å². The summed E-state index contributed by atoms with van der Waals surface area (Å²) < 4.78 is 11.7. The Morgan fingerprint density at radius 3 is 2.57 bits per heavy atom. The molecule has 0 bridgehead atoms. The number of ether oxygens (including phenoxy) is 2. The number of aliphatic carboxylic acids is 1. The predicted octanol–water partition coefficient (Wildman–Crippen LogP) is 0.535. The molecule has 1 aromatic carbocycles. The standard InChI is InChI=1S/C29H39N7O8/c1-3-4-12-44-28-32-25(30)24-26(33-28)36(29(42)31-24)11-5-10-34(15-19-8-6-18(7-9-19)13-23(39)43-2)22(38)17-35-16-20(37)14-21(35)27(40)41/h6-9,20-21,37H,3-5,10-17H2,1-2H3,(H,31,42)(H,40,41)(H2,30,32,33)/t20-,21+/m1/s1. The summed E-state index contributed by atoms with van der Waals surface area (Å²) in [5.41, 5.74) is 7.77. The molecule has 238 valence electrons. The lowest BCUT2D eigenvalue weighted by Gasteiger charge is -2.27. The first kappa shape index (κ1) is 32.4. The third-order valence-corrected chi connectivity index (χ3v) is 7.50. The summed E-state index contributed by atoms with van der Waals surface area (Å²) in [4.78, 5) is 63.9. The number of carboxylic acid groups (broad SMARTS) is 1. The number of aliphatic hydroxyl groups is 1. The van der Waals surface area contributed by atoms with Crippen molar-refractivity contribution in [2.45, 2.75) is 64.3 Å². The molecule has 15 nitrogen and oxygen atoms in total. The largest absolute Gasteiger partial charge is 0.480 e. The lowest BCUT2D eigenvalue weighted by molar-refractivity contribution is -0.144. The number of fused-ring (bicyclic) bond motifs is 1. The van der Waals surface area contributed by atoms with E-state index in [0.717, 1.165) is 24.0 Å². The first-order valence-corrected chi connectivity index (χ1v) is 14.6. The number of carbonyl (C=O) groups is 3. The molecule has 0 spiro atoms. The van der Waals surface area contributed by atoms with Crippen LogP contribution in [0.3, 0.4) is 0 Å². The highest BCUT2D eigenvalue weighted by Gasteiger charge is 2.37. The molecule has 0 saturated carbocycles. The van der Waals surface area contributed by atoms with Gasteiger partial charge in [-0.2, -0.15) is 9.97 Å². The number of unbranched alkanes of at least 4 members (excludes halogenated alkanes) is 1. The average Bonchev–Trinajstić information content (AvgIpc) is 3.52. The third-order valence-electron chi connectivity index (χ3n) is 7.50. The Morgan fingerprint density at radius 2 is 1.89 bits per heavy atom. The smallest absolute Gasteiger partial charge is 0.327 e. The number of imidazole rings is 1. The van der Waals surface area contributed by atoms with Gasteiger partial charge in [0.25, 0.3) is 0 Å². The summed E-state index contributed by atoms with van der Waals surface area (Å²) in [7, 11) is 1.32. The molecule has 0 unspecified atom stereocenters. The number of esters is 1. The topological polar surface area (TPSA) is 206 Å². The number of H-pyrrole nitrogens is 1. The van der Waals surface area contributed by atoms with Gasteiger partial charge in [-0.15, -0.1) is 0 Å². The number of methoxy groups -OCH3 is 1. The van der Waals surface area contributed by atoms with Crippen LogP contribution in [0.25, 0.3) is 11.2 Å². The zero-order chi connectivity index (χ0) is 31.8. The molecule has 1 fully saturated rings. The van der Waals surface area contributed by atoms with Crippen LogP contribution in [0.15, 0.2) is 29.1 Å². The highest BCUT2D eigenvalue weighted by atomic mass is 16.5. The maximum atomic E-state index is 13.5. The maximum Gasteiger partial charge on any atom is 0.327 e. The van der Waals surface area contributed by atoms with E-state index < -0.39 is 23.8 Å². The van der Waals surface area contributed by atoms with Crippen LogP contribution in [0.5, 0.6) is 6.01 Å². The monoisotopic (exact) mass is 613 g/mol. The van der Waals surface area contributed by atoms with E-state index in [2.05, 4.69) is 15.0 Å². The molecule has 2 aromatic heterocycles. The molecule has 44 heavy (non-hydrogen) atoms. The molecule has 5 N–H and O–H groups in total. The van der Waals surface area contributed by atoms with E-state index >= 15 is 0 Å². The number of nitrogens with one attached hydrogen (secondary N) is 1. The van der Waals surface area contributed by atoms with E-state index in [0.29, 0.717) is 24.2 Å². The van der Waals surface area contributed by atoms with Crippen LogP contribution in [-0.4, -0.2) is 103 Å². The van der Waals surface area contributed by atoms with Gasteiger partial charge in [0, 0.05) is 32.6 Å². The summed E-state index contributed by atoms with van der Waals surface area (Å²) in [6, 6.07) is 6.29. The van der Waals surface area contributed by atoms with Gasteiger partial charge in [-0.3, -0.25) is 23.9 Å². The number of hydrogen-bond donors (Lipinski definition) is 4. The summed E-state index contributed by atoms with van der Waals surface area (Å²) in [5, 5.41) is 19.6. The van der Waals surface area contributed by atoms with Gasteiger partial charge in [-0.05, 0) is 24.0 Å². The van der Waals surface area contributed by atoms with Gasteiger partial charge in [-0.1, -0.05) is 37.6 Å². The van der Waals surface area contributed by atoms with Crippen molar-refractivity contribution < 1.29 is 34.1 Å². The molecule has 1 aliphatic rings. The summed E-state index contributed by atoms with van der Waals surface area (Å²) in [6.07, 6.45) is 1.42. The number of β-amino-alcohol motifs (C(OH)–C–C–N with tert-alkyl or cyclic N) is 1. The lowest BCUT2D eigenvalue weighted by Crippen LogP contribution is -2.45. The second-order valence-corrected chi connectivity index (χ2v) is 10.8. The normalized spacial score (nSPS) is 16.7. The Hall–Kier alpha value is -4.50. The predicted molar refractivity (Wildman–Crippen MR) is 159 cm³/mol. The number of carbonyl (C=O) groups excluding carboxylic acids is 2. The molecule has 3 aromatic rings. The van der Waals surface area contributed by atoms with E-state index in [1.165, 1.54) is 16.6 Å². The van der Waals surface area contributed by atoms with Crippen molar-refractivity contribution in [2.75, 3.05) is 39.1 Å². The fourth-order valence-corrected chi connectivity index (χ4v) is 5.13. The van der Waals surface area contributed by atoms with E-state index in [-0.39, 0.29) is 69.3 Å². The molecular formula is C29H39N7O8. The fourth-order valence-electron chi connectivity index (χ4n) is 5.13. The molecule has 3 heterocycles. The zero-order valence-corrected chi connectivity index (χ0v) is 24.9. The van der Waals surface area contributed by atoms with Gasteiger partial charge in [0.2, 0.25) is 5.91 Å². The van der Waals surface area contributed by atoms with Crippen molar-refractivity contribution in [3.8, 4) is 6.01 Å². The van der Waals surface area contributed by atoms with E-state index in [1.54, 1.807) is 17.0 Å². The number of aromatic amines is 1. The van der Waals surface area contributed by atoms with Crippen molar-refractivity contribution in [3.63, 3.8) is 0 Å². The number of nitrogen functional groups attached to an aromatic ring is 1. The number of nitrogens with zero attached hydrogens (tertiary/aromatic N) is 5. The second-order valence-electron chi connectivity index (χ2n) is 10.8. The molecule has 2 atom stereocenters. The maximum absolute atomic E-state index is 13.5. The Kier molecular flexibility index (Phi) is 10.9. The van der Waals surface area contributed by atoms with Gasteiger partial charge < -0.3 is 35.3 Å². The van der Waals surface area contributed by atoms with Crippen LogP contribution >= 0.6 is 0 Å². The van der Waals surface area contributed by atoms with Crippen molar-refractivity contribution in [2.24, 2.45) is 0 Å². The number of carboxylic acids is 1. The highest BCUT2D eigenvalue weighted by Crippen LogP contribution is 2.20. The Balaban J connectivity index is 1.51. The highest BCUT2D eigenvalue weighted by molar-refractivity contribution is 5.82. The molecule has 4 rings (SSSR count). The Labute approximate surface area is 253 Å². The van der Waals surface area contributed by atoms with Gasteiger partial charge in [0.05, 0.1) is 32.8 Å². The quantitative estimate of drug-likeness (QED) is 0.137. The molecule has 1 amide bonds.